The van der Waals surface area contributed by atoms with Crippen molar-refractivity contribution in [3.05, 3.63) is 144 Å². The van der Waals surface area contributed by atoms with Crippen molar-refractivity contribution in [3.8, 4) is 28.4 Å². The Hall–Kier alpha value is -5.62. The van der Waals surface area contributed by atoms with Gasteiger partial charge in [-0.25, -0.2) is 4.39 Å². The zero-order valence-electron chi connectivity index (χ0n) is 26.2. The molecule has 1 aliphatic heterocycles. The van der Waals surface area contributed by atoms with Gasteiger partial charge in [0.25, 0.3) is 0 Å². The molecule has 6 heteroatoms. The van der Waals surface area contributed by atoms with Crippen molar-refractivity contribution in [2.75, 3.05) is 13.4 Å². The van der Waals surface area contributed by atoms with Crippen LogP contribution in [0.15, 0.2) is 133 Å². The fourth-order valence-corrected chi connectivity index (χ4v) is 5.88. The van der Waals surface area contributed by atoms with Crippen LogP contribution in [0.3, 0.4) is 0 Å². The summed E-state index contributed by atoms with van der Waals surface area (Å²) in [5.74, 6) is 1.63. The van der Waals surface area contributed by atoms with Crippen LogP contribution in [0.4, 0.5) is 4.39 Å². The van der Waals surface area contributed by atoms with E-state index in [0.717, 1.165) is 51.6 Å². The zero-order valence-corrected chi connectivity index (χ0v) is 26.2. The highest BCUT2D eigenvalue weighted by atomic mass is 19.1. The van der Waals surface area contributed by atoms with Crippen molar-refractivity contribution < 1.29 is 18.6 Å². The molecule has 0 saturated carbocycles. The van der Waals surface area contributed by atoms with Crippen molar-refractivity contribution >= 4 is 33.3 Å². The molecular formula is C41H35FN2O3. The van der Waals surface area contributed by atoms with E-state index in [4.69, 9.17) is 14.2 Å². The first-order chi connectivity index (χ1) is 23.2. The SMILES string of the molecule is CCCCOc1ccc(C2N=CC(c3ccc(OCOc4ccc5ccccc5c4-c4cccc5ccccc45)cc3)=CN2)c(F)c1. The summed E-state index contributed by atoms with van der Waals surface area (Å²) in [7, 11) is 0. The Labute approximate surface area is 274 Å². The van der Waals surface area contributed by atoms with Crippen LogP contribution >= 0.6 is 0 Å². The predicted molar refractivity (Wildman–Crippen MR) is 189 cm³/mol. The van der Waals surface area contributed by atoms with Gasteiger partial charge in [0, 0.05) is 35.2 Å². The van der Waals surface area contributed by atoms with E-state index in [1.54, 1.807) is 18.3 Å². The highest BCUT2D eigenvalue weighted by Gasteiger charge is 2.18. The number of ether oxygens (including phenoxy) is 3. The lowest BCUT2D eigenvalue weighted by molar-refractivity contribution is 0.120. The van der Waals surface area contributed by atoms with Gasteiger partial charge in [-0.2, -0.15) is 0 Å². The first kappa shape index (κ1) is 30.1. The van der Waals surface area contributed by atoms with Crippen molar-refractivity contribution in [3.63, 3.8) is 0 Å². The first-order valence-corrected chi connectivity index (χ1v) is 16.0. The summed E-state index contributed by atoms with van der Waals surface area (Å²) in [5.41, 5.74) is 4.48. The van der Waals surface area contributed by atoms with Crippen molar-refractivity contribution in [1.29, 1.82) is 0 Å². The van der Waals surface area contributed by atoms with E-state index in [-0.39, 0.29) is 12.6 Å². The quantitative estimate of drug-likeness (QED) is 0.115. The van der Waals surface area contributed by atoms with Crippen molar-refractivity contribution in [1.82, 2.24) is 5.32 Å². The maximum Gasteiger partial charge on any atom is 0.230 e. The lowest BCUT2D eigenvalue weighted by Crippen LogP contribution is -2.19. The number of hydrogen-bond acceptors (Lipinski definition) is 5. The lowest BCUT2D eigenvalue weighted by Gasteiger charge is -2.20. The highest BCUT2D eigenvalue weighted by Crippen LogP contribution is 2.40. The number of hydrogen-bond donors (Lipinski definition) is 1. The second-order valence-electron chi connectivity index (χ2n) is 11.4. The Balaban J connectivity index is 1.02. The Morgan fingerprint density at radius 3 is 2.23 bits per heavy atom. The smallest absolute Gasteiger partial charge is 0.230 e. The normalized spacial score (nSPS) is 14.1. The van der Waals surface area contributed by atoms with E-state index in [2.05, 4.69) is 90.0 Å². The van der Waals surface area contributed by atoms with Gasteiger partial charge in [-0.05, 0) is 69.4 Å². The third-order valence-electron chi connectivity index (χ3n) is 8.37. The lowest BCUT2D eigenvalue weighted by atomic mass is 9.93. The van der Waals surface area contributed by atoms with Gasteiger partial charge >= 0.3 is 0 Å². The van der Waals surface area contributed by atoms with Gasteiger partial charge in [0.05, 0.1) is 6.61 Å². The molecule has 0 saturated heterocycles. The van der Waals surface area contributed by atoms with Gasteiger partial charge in [-0.1, -0.05) is 98.3 Å². The largest absolute Gasteiger partial charge is 0.493 e. The summed E-state index contributed by atoms with van der Waals surface area (Å²) in [6.07, 6.45) is 5.08. The molecule has 6 aromatic rings. The van der Waals surface area contributed by atoms with E-state index in [9.17, 15) is 4.39 Å². The standard InChI is InChI=1S/C41H35FN2O3/c1-2-3-23-45-33-20-21-37(38(42)24-33)41-43-25-31(26-44-41)28-15-18-32(19-16-28)46-27-47-39-22-17-30-10-5-7-13-35(30)40(39)36-14-8-11-29-9-4-6-12-34(29)36/h4-22,24-26,41,43H,2-3,23,27H2,1H3. The molecule has 234 valence electrons. The molecule has 1 aliphatic rings. The van der Waals surface area contributed by atoms with Gasteiger partial charge in [0.1, 0.15) is 29.2 Å². The summed E-state index contributed by atoms with van der Waals surface area (Å²) >= 11 is 0. The molecule has 5 nitrogen and oxygen atoms in total. The molecule has 0 spiro atoms. The summed E-state index contributed by atoms with van der Waals surface area (Å²) in [6, 6.07) is 39.9. The average molecular weight is 623 g/mol. The average Bonchev–Trinajstić information content (AvgIpc) is 3.12. The van der Waals surface area contributed by atoms with Crippen LogP contribution in [0.5, 0.6) is 17.2 Å². The molecule has 1 N–H and O–H groups in total. The number of halogens is 1. The van der Waals surface area contributed by atoms with Crippen molar-refractivity contribution in [2.45, 2.75) is 25.9 Å². The Bertz CT molecular complexity index is 2080. The fraction of sp³-hybridized carbons (Fsp3) is 0.146. The summed E-state index contributed by atoms with van der Waals surface area (Å²) in [6.45, 7) is 2.72. The molecular weight excluding hydrogens is 587 g/mol. The maximum atomic E-state index is 14.8. The summed E-state index contributed by atoms with van der Waals surface area (Å²) < 4.78 is 32.8. The van der Waals surface area contributed by atoms with E-state index < -0.39 is 6.17 Å². The van der Waals surface area contributed by atoms with Gasteiger partial charge in [0.2, 0.25) is 6.79 Å². The second-order valence-corrected chi connectivity index (χ2v) is 11.4. The van der Waals surface area contributed by atoms with E-state index in [1.165, 1.54) is 16.8 Å². The van der Waals surface area contributed by atoms with Crippen LogP contribution in [0.1, 0.15) is 37.1 Å². The Morgan fingerprint density at radius 2 is 1.47 bits per heavy atom. The molecule has 7 rings (SSSR count). The first-order valence-electron chi connectivity index (χ1n) is 16.0. The molecule has 47 heavy (non-hydrogen) atoms. The van der Waals surface area contributed by atoms with Crippen LogP contribution in [-0.2, 0) is 0 Å². The zero-order chi connectivity index (χ0) is 32.0. The molecule has 0 fully saturated rings. The molecule has 1 unspecified atom stereocenters. The van der Waals surface area contributed by atoms with Gasteiger partial charge in [-0.15, -0.1) is 0 Å². The molecule has 1 atom stereocenters. The van der Waals surface area contributed by atoms with Crippen LogP contribution in [0, 0.1) is 5.82 Å². The van der Waals surface area contributed by atoms with Gasteiger partial charge in [0.15, 0.2) is 0 Å². The maximum absolute atomic E-state index is 14.8. The monoisotopic (exact) mass is 622 g/mol. The molecule has 0 bridgehead atoms. The minimum atomic E-state index is -0.503. The number of nitrogens with one attached hydrogen (secondary N) is 1. The van der Waals surface area contributed by atoms with Crippen LogP contribution in [-0.4, -0.2) is 19.6 Å². The van der Waals surface area contributed by atoms with Crippen molar-refractivity contribution in [2.24, 2.45) is 4.99 Å². The number of fused-ring (bicyclic) bond motifs is 2. The fourth-order valence-electron chi connectivity index (χ4n) is 5.88. The molecule has 0 radical (unpaired) electrons. The summed E-state index contributed by atoms with van der Waals surface area (Å²) in [5, 5.41) is 7.84. The number of rotatable bonds is 11. The topological polar surface area (TPSA) is 52.1 Å². The second kappa shape index (κ2) is 13.8. The molecule has 0 aromatic heterocycles. The van der Waals surface area contributed by atoms with E-state index in [1.807, 2.05) is 36.5 Å². The number of unbranched alkanes of at least 4 members (excludes halogenated alkanes) is 1. The molecule has 6 aromatic carbocycles. The minimum absolute atomic E-state index is 0.0524. The van der Waals surface area contributed by atoms with Crippen LogP contribution < -0.4 is 19.5 Å². The highest BCUT2D eigenvalue weighted by molar-refractivity contribution is 6.10. The Kier molecular flexibility index (Phi) is 8.82. The van der Waals surface area contributed by atoms with Crippen LogP contribution in [0.2, 0.25) is 0 Å². The van der Waals surface area contributed by atoms with Gasteiger partial charge in [-0.3, -0.25) is 4.99 Å². The van der Waals surface area contributed by atoms with E-state index in [0.29, 0.717) is 23.7 Å². The minimum Gasteiger partial charge on any atom is -0.493 e. The predicted octanol–water partition coefficient (Wildman–Crippen LogP) is 10.1. The molecule has 1 heterocycles. The van der Waals surface area contributed by atoms with Crippen LogP contribution in [0.25, 0.3) is 38.2 Å². The molecule has 0 aliphatic carbocycles. The Morgan fingerprint density at radius 1 is 0.723 bits per heavy atom. The third-order valence-corrected chi connectivity index (χ3v) is 8.37. The number of allylic oxidation sites excluding steroid dienone is 1. The number of aliphatic imine (C=N–C) groups is 1. The third kappa shape index (κ3) is 6.54. The molecule has 0 amide bonds. The van der Waals surface area contributed by atoms with Gasteiger partial charge < -0.3 is 19.5 Å². The number of nitrogens with zero attached hydrogens (tertiary/aromatic N) is 1. The summed E-state index contributed by atoms with van der Waals surface area (Å²) in [4.78, 5) is 4.57. The number of benzene rings is 6. The van der Waals surface area contributed by atoms with E-state index >= 15 is 0 Å².